The lowest BCUT2D eigenvalue weighted by Gasteiger charge is -2.36. The molecule has 1 aliphatic rings. The van der Waals surface area contributed by atoms with Gasteiger partial charge < -0.3 is 15.5 Å². The number of anilines is 2. The molecule has 2 N–H and O–H groups in total. The normalized spacial score (nSPS) is 15.2. The number of rotatable bonds is 10. The van der Waals surface area contributed by atoms with E-state index in [0.717, 1.165) is 50.4 Å². The molecule has 0 aromatic heterocycles. The van der Waals surface area contributed by atoms with Crippen molar-refractivity contribution in [1.82, 2.24) is 10.2 Å². The van der Waals surface area contributed by atoms with Crippen molar-refractivity contribution in [3.8, 4) is 0 Å². The molecular formula is C26H36N4O2S. The molecule has 1 heterocycles. The number of carbonyl (C=O) groups is 2. The van der Waals surface area contributed by atoms with Crippen LogP contribution in [0.3, 0.4) is 0 Å². The van der Waals surface area contributed by atoms with Gasteiger partial charge in [0.15, 0.2) is 0 Å². The highest BCUT2D eigenvalue weighted by Crippen LogP contribution is 2.18. The number of hydrogen-bond acceptors (Lipinski definition) is 5. The smallest absolute Gasteiger partial charge is 0.234 e. The molecule has 1 aliphatic heterocycles. The SMILES string of the molecule is Cc1ccc(NC(=O)CSCC(=O)NC(C)CCN2CCN(c3cccc(C)c3)CC2)cc1. The molecule has 2 aromatic rings. The molecule has 1 atom stereocenters. The zero-order chi connectivity index (χ0) is 23.6. The van der Waals surface area contributed by atoms with Crippen LogP contribution in [-0.2, 0) is 9.59 Å². The molecule has 0 bridgehead atoms. The lowest BCUT2D eigenvalue weighted by atomic mass is 10.1. The van der Waals surface area contributed by atoms with Crippen molar-refractivity contribution >= 4 is 35.0 Å². The quantitative estimate of drug-likeness (QED) is 0.557. The minimum Gasteiger partial charge on any atom is -0.369 e. The molecule has 0 saturated carbocycles. The largest absolute Gasteiger partial charge is 0.369 e. The van der Waals surface area contributed by atoms with E-state index in [2.05, 4.69) is 58.5 Å². The van der Waals surface area contributed by atoms with E-state index in [0.29, 0.717) is 5.75 Å². The first kappa shape index (κ1) is 25.1. The van der Waals surface area contributed by atoms with Gasteiger partial charge in [-0.1, -0.05) is 29.8 Å². The van der Waals surface area contributed by atoms with Crippen LogP contribution in [-0.4, -0.2) is 67.0 Å². The maximum Gasteiger partial charge on any atom is 0.234 e. The van der Waals surface area contributed by atoms with E-state index in [1.165, 1.54) is 23.0 Å². The van der Waals surface area contributed by atoms with E-state index >= 15 is 0 Å². The molecule has 7 heteroatoms. The fraction of sp³-hybridized carbons (Fsp3) is 0.462. The summed E-state index contributed by atoms with van der Waals surface area (Å²) in [6.07, 6.45) is 0.925. The van der Waals surface area contributed by atoms with Crippen molar-refractivity contribution < 1.29 is 9.59 Å². The number of thioether (sulfide) groups is 1. The molecule has 2 aromatic carbocycles. The van der Waals surface area contributed by atoms with Crippen molar-refractivity contribution in [2.75, 3.05) is 54.4 Å². The Balaban J connectivity index is 1.27. The minimum atomic E-state index is -0.0884. The molecule has 2 amide bonds. The van der Waals surface area contributed by atoms with E-state index in [9.17, 15) is 9.59 Å². The fourth-order valence-corrected chi connectivity index (χ4v) is 4.52. The minimum absolute atomic E-state index is 0.0140. The fourth-order valence-electron chi connectivity index (χ4n) is 3.89. The van der Waals surface area contributed by atoms with Crippen molar-refractivity contribution in [3.63, 3.8) is 0 Å². The Kier molecular flexibility index (Phi) is 9.63. The van der Waals surface area contributed by atoms with E-state index in [4.69, 9.17) is 0 Å². The molecule has 0 aliphatic carbocycles. The van der Waals surface area contributed by atoms with Crippen LogP contribution >= 0.6 is 11.8 Å². The molecule has 3 rings (SSSR count). The van der Waals surface area contributed by atoms with Gasteiger partial charge in [-0.25, -0.2) is 0 Å². The first-order chi connectivity index (χ1) is 15.9. The summed E-state index contributed by atoms with van der Waals surface area (Å²) in [5.74, 6) is 0.455. The second-order valence-electron chi connectivity index (χ2n) is 8.83. The lowest BCUT2D eigenvalue weighted by Crippen LogP contribution is -2.47. The third-order valence-electron chi connectivity index (χ3n) is 5.83. The van der Waals surface area contributed by atoms with Gasteiger partial charge in [-0.05, 0) is 57.0 Å². The number of carbonyl (C=O) groups excluding carboxylic acids is 2. The summed E-state index contributed by atoms with van der Waals surface area (Å²) in [6, 6.07) is 16.5. The van der Waals surface area contributed by atoms with Gasteiger partial charge in [0.25, 0.3) is 0 Å². The van der Waals surface area contributed by atoms with E-state index in [-0.39, 0.29) is 23.6 Å². The highest BCUT2D eigenvalue weighted by molar-refractivity contribution is 8.00. The second-order valence-corrected chi connectivity index (χ2v) is 9.82. The van der Waals surface area contributed by atoms with Crippen LogP contribution in [0.1, 0.15) is 24.5 Å². The average molecular weight is 469 g/mol. The number of nitrogens with zero attached hydrogens (tertiary/aromatic N) is 2. The summed E-state index contributed by atoms with van der Waals surface area (Å²) < 4.78 is 0. The summed E-state index contributed by atoms with van der Waals surface area (Å²) in [7, 11) is 0. The van der Waals surface area contributed by atoms with Gasteiger partial charge in [0.2, 0.25) is 11.8 Å². The van der Waals surface area contributed by atoms with Crippen LogP contribution in [0.15, 0.2) is 48.5 Å². The first-order valence-electron chi connectivity index (χ1n) is 11.7. The maximum atomic E-state index is 12.2. The number of piperazine rings is 1. The molecule has 6 nitrogen and oxygen atoms in total. The summed E-state index contributed by atoms with van der Waals surface area (Å²) in [5.41, 5.74) is 4.53. The van der Waals surface area contributed by atoms with Crippen molar-refractivity contribution in [2.45, 2.75) is 33.2 Å². The summed E-state index contributed by atoms with van der Waals surface area (Å²) in [4.78, 5) is 29.2. The van der Waals surface area contributed by atoms with Crippen LogP contribution in [0.4, 0.5) is 11.4 Å². The lowest BCUT2D eigenvalue weighted by molar-refractivity contribution is -0.119. The van der Waals surface area contributed by atoms with Crippen LogP contribution < -0.4 is 15.5 Å². The zero-order valence-corrected chi connectivity index (χ0v) is 20.8. The Hall–Kier alpha value is -2.51. The molecule has 0 spiro atoms. The Labute approximate surface area is 202 Å². The standard InChI is InChI=1S/C26H36N4O2S/c1-20-7-9-23(10-8-20)28-26(32)19-33-18-25(31)27-22(3)11-12-29-13-15-30(16-14-29)24-6-4-5-21(2)17-24/h4-10,17,22H,11-16,18-19H2,1-3H3,(H,27,31)(H,28,32). The van der Waals surface area contributed by atoms with Crippen LogP contribution in [0.5, 0.6) is 0 Å². The van der Waals surface area contributed by atoms with Gasteiger partial charge in [-0.3, -0.25) is 14.5 Å². The number of hydrogen-bond donors (Lipinski definition) is 2. The predicted molar refractivity (Wildman–Crippen MR) is 139 cm³/mol. The summed E-state index contributed by atoms with van der Waals surface area (Å²) >= 11 is 1.34. The molecular weight excluding hydrogens is 432 g/mol. The number of benzene rings is 2. The van der Waals surface area contributed by atoms with Gasteiger partial charge in [0, 0.05) is 50.1 Å². The Morgan fingerprint density at radius 2 is 1.64 bits per heavy atom. The molecule has 33 heavy (non-hydrogen) atoms. The second kappa shape index (κ2) is 12.7. The molecule has 1 fully saturated rings. The maximum absolute atomic E-state index is 12.2. The topological polar surface area (TPSA) is 64.7 Å². The molecule has 0 radical (unpaired) electrons. The highest BCUT2D eigenvalue weighted by Gasteiger charge is 2.18. The van der Waals surface area contributed by atoms with Crippen LogP contribution in [0.25, 0.3) is 0 Å². The van der Waals surface area contributed by atoms with Crippen molar-refractivity contribution in [1.29, 1.82) is 0 Å². The van der Waals surface area contributed by atoms with E-state index < -0.39 is 0 Å². The van der Waals surface area contributed by atoms with Gasteiger partial charge in [0.05, 0.1) is 11.5 Å². The number of aryl methyl sites for hydroxylation is 2. The van der Waals surface area contributed by atoms with Gasteiger partial charge in [0.1, 0.15) is 0 Å². The van der Waals surface area contributed by atoms with Crippen LogP contribution in [0.2, 0.25) is 0 Å². The van der Waals surface area contributed by atoms with Gasteiger partial charge >= 0.3 is 0 Å². The molecule has 1 unspecified atom stereocenters. The Morgan fingerprint density at radius 1 is 0.939 bits per heavy atom. The Bertz CT molecular complexity index is 911. The van der Waals surface area contributed by atoms with Crippen LogP contribution in [0, 0.1) is 13.8 Å². The van der Waals surface area contributed by atoms with E-state index in [1.807, 2.05) is 31.2 Å². The molecule has 1 saturated heterocycles. The average Bonchev–Trinajstić information content (AvgIpc) is 2.79. The third-order valence-corrected chi connectivity index (χ3v) is 6.76. The van der Waals surface area contributed by atoms with Gasteiger partial charge in [-0.2, -0.15) is 0 Å². The number of nitrogens with one attached hydrogen (secondary N) is 2. The monoisotopic (exact) mass is 468 g/mol. The third kappa shape index (κ3) is 8.74. The highest BCUT2D eigenvalue weighted by atomic mass is 32.2. The van der Waals surface area contributed by atoms with Crippen molar-refractivity contribution in [3.05, 3.63) is 59.7 Å². The predicted octanol–water partition coefficient (Wildman–Crippen LogP) is 3.69. The van der Waals surface area contributed by atoms with Crippen molar-refractivity contribution in [2.24, 2.45) is 0 Å². The summed E-state index contributed by atoms with van der Waals surface area (Å²) in [5, 5.41) is 5.92. The van der Waals surface area contributed by atoms with E-state index in [1.54, 1.807) is 0 Å². The number of amides is 2. The first-order valence-corrected chi connectivity index (χ1v) is 12.8. The zero-order valence-electron chi connectivity index (χ0n) is 20.0. The van der Waals surface area contributed by atoms with Gasteiger partial charge in [-0.15, -0.1) is 11.8 Å². The molecule has 178 valence electrons. The summed E-state index contributed by atoms with van der Waals surface area (Å²) in [6.45, 7) is 11.3. The Morgan fingerprint density at radius 3 is 2.33 bits per heavy atom.